The molecule has 0 atom stereocenters. The van der Waals surface area contributed by atoms with Crippen LogP contribution in [0.2, 0.25) is 0 Å². The number of benzene rings is 5. The summed E-state index contributed by atoms with van der Waals surface area (Å²) in [5, 5.41) is 6.83. The summed E-state index contributed by atoms with van der Waals surface area (Å²) >= 11 is 0. The number of furan rings is 1. The van der Waals surface area contributed by atoms with E-state index in [1.165, 1.54) is 16.2 Å². The third-order valence-corrected chi connectivity index (χ3v) is 6.46. The standard InChI is InChI=1S/C32H21NO/c1-2-7-21(8-3-1)17-22-15-16-33-30(18-22)27-12-6-11-26-29-19-24-14-13-23-9-4-5-10-25(23)28(24)20-31(29)34-32(26)27/h1-16,18-20H,17H2/i17D2. The van der Waals surface area contributed by atoms with Crippen LogP contribution in [0.4, 0.5) is 0 Å². The van der Waals surface area contributed by atoms with E-state index >= 15 is 0 Å². The number of hydrogen-bond acceptors (Lipinski definition) is 2. The molecule has 2 heterocycles. The van der Waals surface area contributed by atoms with Crippen LogP contribution < -0.4 is 0 Å². The lowest BCUT2D eigenvalue weighted by atomic mass is 9.99. The molecule has 160 valence electrons. The second kappa shape index (κ2) is 7.57. The first-order valence-electron chi connectivity index (χ1n) is 12.4. The van der Waals surface area contributed by atoms with Crippen molar-refractivity contribution in [1.29, 1.82) is 0 Å². The van der Waals surface area contributed by atoms with Gasteiger partial charge in [0.1, 0.15) is 11.2 Å². The first-order chi connectivity index (χ1) is 17.6. The maximum absolute atomic E-state index is 8.78. The molecule has 0 aliphatic carbocycles. The average Bonchev–Trinajstić information content (AvgIpc) is 3.30. The molecule has 0 radical (unpaired) electrons. The lowest BCUT2D eigenvalue weighted by molar-refractivity contribution is 0.670. The minimum absolute atomic E-state index is 0.559. The van der Waals surface area contributed by atoms with Gasteiger partial charge in [-0.1, -0.05) is 78.9 Å². The van der Waals surface area contributed by atoms with Crippen molar-refractivity contribution < 1.29 is 7.16 Å². The van der Waals surface area contributed by atoms with Crippen LogP contribution in [0.1, 0.15) is 13.9 Å². The quantitative estimate of drug-likeness (QED) is 0.259. The van der Waals surface area contributed by atoms with Crippen molar-refractivity contribution >= 4 is 43.5 Å². The number of hydrogen-bond donors (Lipinski definition) is 0. The highest BCUT2D eigenvalue weighted by Crippen LogP contribution is 2.38. The molecule has 0 saturated heterocycles. The van der Waals surface area contributed by atoms with Gasteiger partial charge in [-0.3, -0.25) is 4.98 Å². The Balaban J connectivity index is 1.43. The van der Waals surface area contributed by atoms with Gasteiger partial charge >= 0.3 is 0 Å². The zero-order valence-electron chi connectivity index (χ0n) is 20.3. The Labute approximate surface area is 199 Å². The molecule has 0 unspecified atom stereocenters. The molecular weight excluding hydrogens is 414 g/mol. The Kier molecular flexibility index (Phi) is 3.81. The van der Waals surface area contributed by atoms with Crippen LogP contribution in [-0.4, -0.2) is 4.98 Å². The van der Waals surface area contributed by atoms with E-state index in [2.05, 4.69) is 59.6 Å². The number of nitrogens with zero attached hydrogens (tertiary/aromatic N) is 1. The number of fused-ring (bicyclic) bond motifs is 6. The fraction of sp³-hybridized carbons (Fsp3) is 0.0312. The van der Waals surface area contributed by atoms with E-state index in [1.54, 1.807) is 12.3 Å². The van der Waals surface area contributed by atoms with Gasteiger partial charge in [0.2, 0.25) is 0 Å². The first-order valence-corrected chi connectivity index (χ1v) is 11.4. The molecule has 2 aromatic heterocycles. The molecular formula is C32H21NO. The largest absolute Gasteiger partial charge is 0.455 e. The molecule has 5 aromatic carbocycles. The van der Waals surface area contributed by atoms with Crippen LogP contribution in [0.5, 0.6) is 0 Å². The van der Waals surface area contributed by atoms with Gasteiger partial charge in [-0.2, -0.15) is 0 Å². The van der Waals surface area contributed by atoms with E-state index in [9.17, 15) is 0 Å². The van der Waals surface area contributed by atoms with Crippen molar-refractivity contribution in [3.05, 3.63) is 127 Å². The summed E-state index contributed by atoms with van der Waals surface area (Å²) in [6.07, 6.45) is 0.0346. The second-order valence-electron chi connectivity index (χ2n) is 8.56. The highest BCUT2D eigenvalue weighted by molar-refractivity contribution is 6.17. The Hall–Kier alpha value is -4.43. The normalized spacial score (nSPS) is 12.9. The number of rotatable bonds is 3. The van der Waals surface area contributed by atoms with Crippen LogP contribution in [0.15, 0.2) is 120 Å². The van der Waals surface area contributed by atoms with Gasteiger partial charge in [-0.05, 0) is 69.4 Å². The summed E-state index contributed by atoms with van der Waals surface area (Å²) in [7, 11) is 0. The van der Waals surface area contributed by atoms with E-state index in [0.29, 0.717) is 16.8 Å². The van der Waals surface area contributed by atoms with Crippen molar-refractivity contribution in [1.82, 2.24) is 4.98 Å². The number of para-hydroxylation sites is 1. The summed E-state index contributed by atoms with van der Waals surface area (Å²) in [4.78, 5) is 4.61. The summed E-state index contributed by atoms with van der Waals surface area (Å²) in [6, 6.07) is 35.9. The zero-order chi connectivity index (χ0) is 24.3. The molecule has 0 aliphatic rings. The lowest BCUT2D eigenvalue weighted by Crippen LogP contribution is -1.91. The van der Waals surface area contributed by atoms with Gasteiger partial charge in [0, 0.05) is 25.3 Å². The Morgan fingerprint density at radius 3 is 2.38 bits per heavy atom. The minimum atomic E-state index is -1.64. The summed E-state index contributed by atoms with van der Waals surface area (Å²) < 4.78 is 24.0. The van der Waals surface area contributed by atoms with Crippen LogP contribution in [-0.2, 0) is 6.37 Å². The molecule has 0 fully saturated rings. The molecule has 0 spiro atoms. The van der Waals surface area contributed by atoms with Gasteiger partial charge in [-0.25, -0.2) is 0 Å². The predicted molar refractivity (Wildman–Crippen MR) is 141 cm³/mol. The molecule has 7 rings (SSSR count). The maximum Gasteiger partial charge on any atom is 0.144 e. The average molecular weight is 438 g/mol. The highest BCUT2D eigenvalue weighted by Gasteiger charge is 2.15. The van der Waals surface area contributed by atoms with Crippen LogP contribution in [0.3, 0.4) is 0 Å². The van der Waals surface area contributed by atoms with Gasteiger partial charge in [0.25, 0.3) is 0 Å². The predicted octanol–water partition coefficient (Wildman–Crippen LogP) is 8.55. The van der Waals surface area contributed by atoms with Gasteiger partial charge in [0.05, 0.1) is 5.69 Å². The fourth-order valence-electron chi connectivity index (χ4n) is 4.84. The molecule has 2 nitrogen and oxygen atoms in total. The molecule has 0 bridgehead atoms. The van der Waals surface area contributed by atoms with Gasteiger partial charge in [-0.15, -0.1) is 0 Å². The summed E-state index contributed by atoms with van der Waals surface area (Å²) in [5.41, 5.74) is 4.30. The van der Waals surface area contributed by atoms with Crippen LogP contribution >= 0.6 is 0 Å². The summed E-state index contributed by atoms with van der Waals surface area (Å²) in [6.45, 7) is 0. The third kappa shape index (κ3) is 3.07. The molecule has 0 aliphatic heterocycles. The fourth-order valence-corrected chi connectivity index (χ4v) is 4.84. The van der Waals surface area contributed by atoms with Crippen LogP contribution in [0, 0.1) is 0 Å². The number of aromatic nitrogens is 1. The van der Waals surface area contributed by atoms with E-state index in [0.717, 1.165) is 32.9 Å². The van der Waals surface area contributed by atoms with E-state index < -0.39 is 6.37 Å². The minimum Gasteiger partial charge on any atom is -0.455 e. The van der Waals surface area contributed by atoms with Crippen molar-refractivity contribution in [3.8, 4) is 11.3 Å². The van der Waals surface area contributed by atoms with Gasteiger partial charge < -0.3 is 4.42 Å². The molecule has 34 heavy (non-hydrogen) atoms. The number of pyridine rings is 1. The van der Waals surface area contributed by atoms with Crippen molar-refractivity contribution in [3.63, 3.8) is 0 Å². The molecule has 7 aromatic rings. The topological polar surface area (TPSA) is 26.0 Å². The molecule has 2 heteroatoms. The lowest BCUT2D eigenvalue weighted by Gasteiger charge is -2.06. The Bertz CT molecular complexity index is 1920. The van der Waals surface area contributed by atoms with Crippen molar-refractivity contribution in [2.24, 2.45) is 0 Å². The summed E-state index contributed by atoms with van der Waals surface area (Å²) in [5.74, 6) is 0. The van der Waals surface area contributed by atoms with Crippen molar-refractivity contribution in [2.45, 2.75) is 6.37 Å². The first kappa shape index (κ1) is 17.1. The van der Waals surface area contributed by atoms with Gasteiger partial charge in [0.15, 0.2) is 0 Å². The van der Waals surface area contributed by atoms with E-state index in [4.69, 9.17) is 7.16 Å². The smallest absolute Gasteiger partial charge is 0.144 e. The maximum atomic E-state index is 8.78. The molecule has 0 N–H and O–H groups in total. The van der Waals surface area contributed by atoms with Crippen LogP contribution in [0.25, 0.3) is 54.7 Å². The van der Waals surface area contributed by atoms with E-state index in [-0.39, 0.29) is 0 Å². The Morgan fingerprint density at radius 1 is 0.618 bits per heavy atom. The van der Waals surface area contributed by atoms with Crippen molar-refractivity contribution in [2.75, 3.05) is 0 Å². The second-order valence-corrected chi connectivity index (χ2v) is 8.56. The zero-order valence-corrected chi connectivity index (χ0v) is 18.3. The monoisotopic (exact) mass is 437 g/mol. The highest BCUT2D eigenvalue weighted by atomic mass is 16.3. The SMILES string of the molecule is [2H]C([2H])(c1ccccc1)c1ccnc(-c2cccc3c2oc2cc4c(ccc5ccccc54)cc23)c1. The molecule has 0 saturated carbocycles. The third-order valence-electron chi connectivity index (χ3n) is 6.46. The Morgan fingerprint density at radius 2 is 1.44 bits per heavy atom. The molecule has 0 amide bonds. The van der Waals surface area contributed by atoms with E-state index in [1.807, 2.05) is 48.5 Å².